The van der Waals surface area contributed by atoms with Crippen LogP contribution in [0.2, 0.25) is 0 Å². The zero-order chi connectivity index (χ0) is 17.9. The van der Waals surface area contributed by atoms with Gasteiger partial charge in [0.2, 0.25) is 5.91 Å². The third-order valence-corrected chi connectivity index (χ3v) is 5.78. The lowest BCUT2D eigenvalue weighted by Crippen LogP contribution is -2.42. The highest BCUT2D eigenvalue weighted by Crippen LogP contribution is 2.32. The molecule has 4 rings (SSSR count). The normalized spacial score (nSPS) is 21.1. The molecule has 0 N–H and O–H groups in total. The first-order valence-corrected chi connectivity index (χ1v) is 9.73. The number of rotatable bonds is 3. The minimum absolute atomic E-state index is 0.228. The molecule has 2 aliphatic rings. The van der Waals surface area contributed by atoms with E-state index in [1.165, 1.54) is 18.9 Å². The summed E-state index contributed by atoms with van der Waals surface area (Å²) in [6, 6.07) is 12.6. The zero-order valence-corrected chi connectivity index (χ0v) is 15.0. The van der Waals surface area contributed by atoms with Gasteiger partial charge >= 0.3 is 0 Å². The van der Waals surface area contributed by atoms with Crippen LogP contribution in [0.5, 0.6) is 0 Å². The molecule has 1 saturated carbocycles. The average molecular weight is 352 g/mol. The average Bonchev–Trinajstić information content (AvgIpc) is 3.23. The monoisotopic (exact) mass is 352 g/mol. The van der Waals surface area contributed by atoms with Crippen LogP contribution in [-0.2, 0) is 4.79 Å². The Labute approximate surface area is 154 Å². The Morgan fingerprint density at radius 2 is 1.81 bits per heavy atom. The summed E-state index contributed by atoms with van der Waals surface area (Å²) in [6.07, 6.45) is 6.48. The highest BCUT2D eigenvalue weighted by atomic mass is 19.1. The van der Waals surface area contributed by atoms with Crippen LogP contribution in [0.25, 0.3) is 11.3 Å². The smallest absolute Gasteiger partial charge is 0.225 e. The molecular weight excluding hydrogens is 327 g/mol. The summed E-state index contributed by atoms with van der Waals surface area (Å²) < 4.78 is 14.1. The first-order valence-electron chi connectivity index (χ1n) is 9.73. The van der Waals surface area contributed by atoms with Crippen LogP contribution in [-0.4, -0.2) is 28.9 Å². The van der Waals surface area contributed by atoms with Crippen LogP contribution >= 0.6 is 0 Å². The van der Waals surface area contributed by atoms with Crippen molar-refractivity contribution < 1.29 is 9.18 Å². The molecule has 26 heavy (non-hydrogen) atoms. The molecule has 1 aliphatic heterocycles. The van der Waals surface area contributed by atoms with Crippen molar-refractivity contribution in [1.29, 1.82) is 0 Å². The standard InChI is InChI=1S/C22H25FN2O/c23-19-11-4-3-10-18(19)21-13-5-12-20(24-21)17-9-6-14-25(15-17)22(26)16-7-1-2-8-16/h3-5,10-13,16-17H,1-2,6-9,14-15H2/t17-/m0/s1. The number of nitrogens with zero attached hydrogens (tertiary/aromatic N) is 2. The van der Waals surface area contributed by atoms with Crippen molar-refractivity contribution in [2.24, 2.45) is 5.92 Å². The molecule has 136 valence electrons. The van der Waals surface area contributed by atoms with E-state index in [-0.39, 0.29) is 17.7 Å². The van der Waals surface area contributed by atoms with E-state index in [9.17, 15) is 9.18 Å². The van der Waals surface area contributed by atoms with Crippen molar-refractivity contribution in [3.63, 3.8) is 0 Å². The topological polar surface area (TPSA) is 33.2 Å². The van der Waals surface area contributed by atoms with Gasteiger partial charge in [0.05, 0.1) is 5.69 Å². The number of hydrogen-bond acceptors (Lipinski definition) is 2. The SMILES string of the molecule is O=C(C1CCCC1)N1CCC[C@H](c2cccc(-c3ccccc3F)n2)C1. The molecule has 4 heteroatoms. The van der Waals surface area contributed by atoms with Gasteiger partial charge in [-0.1, -0.05) is 31.0 Å². The molecular formula is C22H25FN2O. The number of carbonyl (C=O) groups excluding carboxylic acids is 1. The highest BCUT2D eigenvalue weighted by molar-refractivity contribution is 5.79. The fourth-order valence-corrected chi connectivity index (χ4v) is 4.35. The van der Waals surface area contributed by atoms with E-state index < -0.39 is 0 Å². The number of carbonyl (C=O) groups is 1. The van der Waals surface area contributed by atoms with Crippen molar-refractivity contribution in [2.45, 2.75) is 44.4 Å². The summed E-state index contributed by atoms with van der Waals surface area (Å²) in [5.74, 6) is 0.545. The Morgan fingerprint density at radius 3 is 2.62 bits per heavy atom. The number of halogens is 1. The summed E-state index contributed by atoms with van der Waals surface area (Å²) in [4.78, 5) is 19.6. The maximum absolute atomic E-state index is 14.1. The molecule has 3 nitrogen and oxygen atoms in total. The molecule has 1 amide bonds. The molecule has 1 atom stereocenters. The summed E-state index contributed by atoms with van der Waals surface area (Å²) in [5.41, 5.74) is 2.17. The maximum Gasteiger partial charge on any atom is 0.225 e. The molecule has 0 spiro atoms. The van der Waals surface area contributed by atoms with Gasteiger partial charge < -0.3 is 4.90 Å². The summed E-state index contributed by atoms with van der Waals surface area (Å²) in [7, 11) is 0. The third-order valence-electron chi connectivity index (χ3n) is 5.78. The van der Waals surface area contributed by atoms with Crippen LogP contribution in [0, 0.1) is 11.7 Å². The lowest BCUT2D eigenvalue weighted by Gasteiger charge is -2.34. The number of benzene rings is 1. The molecule has 2 heterocycles. The van der Waals surface area contributed by atoms with E-state index in [4.69, 9.17) is 4.98 Å². The summed E-state index contributed by atoms with van der Waals surface area (Å²) in [5, 5.41) is 0. The van der Waals surface area contributed by atoms with Gasteiger partial charge in [-0.25, -0.2) is 4.39 Å². The first kappa shape index (κ1) is 17.2. The second-order valence-electron chi connectivity index (χ2n) is 7.53. The molecule has 0 bridgehead atoms. The van der Waals surface area contributed by atoms with E-state index in [2.05, 4.69) is 0 Å². The lowest BCUT2D eigenvalue weighted by molar-refractivity contribution is -0.136. The maximum atomic E-state index is 14.1. The number of amides is 1. The second kappa shape index (κ2) is 7.56. The minimum atomic E-state index is -0.251. The predicted octanol–water partition coefficient (Wildman–Crippen LogP) is 4.78. The molecule has 2 aromatic rings. The van der Waals surface area contributed by atoms with E-state index in [1.807, 2.05) is 29.2 Å². The van der Waals surface area contributed by atoms with E-state index in [0.29, 0.717) is 17.2 Å². The van der Waals surface area contributed by atoms with Crippen molar-refractivity contribution in [3.05, 3.63) is 54.0 Å². The fraction of sp³-hybridized carbons (Fsp3) is 0.455. The van der Waals surface area contributed by atoms with Gasteiger partial charge in [0.1, 0.15) is 5.82 Å². The van der Waals surface area contributed by atoms with Gasteiger partial charge in [-0.3, -0.25) is 9.78 Å². The minimum Gasteiger partial charge on any atom is -0.342 e. The molecule has 0 unspecified atom stereocenters. The summed E-state index contributed by atoms with van der Waals surface area (Å²) in [6.45, 7) is 1.60. The first-order chi connectivity index (χ1) is 12.7. The molecule has 0 radical (unpaired) electrons. The fourth-order valence-electron chi connectivity index (χ4n) is 4.35. The number of piperidine rings is 1. The Kier molecular flexibility index (Phi) is 5.00. The van der Waals surface area contributed by atoms with E-state index >= 15 is 0 Å². The summed E-state index contributed by atoms with van der Waals surface area (Å²) >= 11 is 0. The van der Waals surface area contributed by atoms with Gasteiger partial charge in [0.15, 0.2) is 0 Å². The van der Waals surface area contributed by atoms with Gasteiger partial charge in [-0.05, 0) is 49.9 Å². The van der Waals surface area contributed by atoms with Crippen molar-refractivity contribution >= 4 is 5.91 Å². The molecule has 1 saturated heterocycles. The van der Waals surface area contributed by atoms with Gasteiger partial charge in [-0.15, -0.1) is 0 Å². The lowest BCUT2D eigenvalue weighted by atomic mass is 9.92. The molecule has 1 aromatic carbocycles. The quantitative estimate of drug-likeness (QED) is 0.796. The largest absolute Gasteiger partial charge is 0.342 e. The van der Waals surface area contributed by atoms with Crippen molar-refractivity contribution in [1.82, 2.24) is 9.88 Å². The number of aromatic nitrogens is 1. The highest BCUT2D eigenvalue weighted by Gasteiger charge is 2.31. The Bertz CT molecular complexity index is 785. The van der Waals surface area contributed by atoms with Crippen LogP contribution in [0.3, 0.4) is 0 Å². The van der Waals surface area contributed by atoms with Crippen LogP contribution < -0.4 is 0 Å². The second-order valence-corrected chi connectivity index (χ2v) is 7.53. The van der Waals surface area contributed by atoms with Gasteiger partial charge in [0, 0.05) is 36.2 Å². The van der Waals surface area contributed by atoms with E-state index in [1.54, 1.807) is 12.1 Å². The predicted molar refractivity (Wildman–Crippen MR) is 100 cm³/mol. The van der Waals surface area contributed by atoms with Crippen LogP contribution in [0.1, 0.15) is 50.1 Å². The van der Waals surface area contributed by atoms with Crippen LogP contribution in [0.4, 0.5) is 4.39 Å². The zero-order valence-electron chi connectivity index (χ0n) is 15.0. The van der Waals surface area contributed by atoms with Crippen LogP contribution in [0.15, 0.2) is 42.5 Å². The number of hydrogen-bond donors (Lipinski definition) is 0. The Hall–Kier alpha value is -2.23. The molecule has 1 aliphatic carbocycles. The number of likely N-dealkylation sites (tertiary alicyclic amines) is 1. The third kappa shape index (κ3) is 3.50. The van der Waals surface area contributed by atoms with Gasteiger partial charge in [-0.2, -0.15) is 0 Å². The van der Waals surface area contributed by atoms with Gasteiger partial charge in [0.25, 0.3) is 0 Å². The Balaban J connectivity index is 1.53. The van der Waals surface area contributed by atoms with E-state index in [0.717, 1.165) is 44.5 Å². The van der Waals surface area contributed by atoms with Crippen molar-refractivity contribution in [3.8, 4) is 11.3 Å². The number of pyridine rings is 1. The molecule has 1 aromatic heterocycles. The molecule has 2 fully saturated rings. The van der Waals surface area contributed by atoms with Crippen molar-refractivity contribution in [2.75, 3.05) is 13.1 Å². The Morgan fingerprint density at radius 1 is 1.00 bits per heavy atom.